The minimum absolute atomic E-state index is 0.0550. The Balaban J connectivity index is 1.04. The van der Waals surface area contributed by atoms with Crippen LogP contribution in [-0.2, 0) is 5.41 Å². The standard InChI is InChI=1S/C53H36N4/c1-4-17-39(18-5-1)53(40-19-6-2-7-20-40)44-24-12-14-26-47(44)57-49-31-29-36(34-46(49)55-52(53)57)50-42-23-11-10-16-35(42)32-38-33-37(28-30-43(38)50)51-54-45-25-13-15-27-48(45)56(51)41-21-8-3-9-22-41/h1-34,52,55H. The van der Waals surface area contributed by atoms with Crippen molar-refractivity contribution in [3.63, 3.8) is 0 Å². The minimum Gasteiger partial charge on any atom is -0.362 e. The molecule has 3 heterocycles. The topological polar surface area (TPSA) is 33.1 Å². The number of para-hydroxylation sites is 4. The molecule has 4 heteroatoms. The first-order chi connectivity index (χ1) is 28.3. The van der Waals surface area contributed by atoms with Gasteiger partial charge in [-0.25, -0.2) is 4.98 Å². The van der Waals surface area contributed by atoms with E-state index in [-0.39, 0.29) is 6.17 Å². The van der Waals surface area contributed by atoms with Crippen molar-refractivity contribution in [2.75, 3.05) is 10.2 Å². The van der Waals surface area contributed by atoms with E-state index in [1.165, 1.54) is 60.7 Å². The second kappa shape index (κ2) is 12.3. The van der Waals surface area contributed by atoms with E-state index < -0.39 is 5.41 Å². The van der Waals surface area contributed by atoms with Gasteiger partial charge in [-0.15, -0.1) is 0 Å². The first kappa shape index (κ1) is 31.9. The maximum atomic E-state index is 5.20. The molecular formula is C53H36N4. The van der Waals surface area contributed by atoms with Crippen LogP contribution in [0.3, 0.4) is 0 Å². The normalized spacial score (nSPS) is 15.1. The Morgan fingerprint density at radius 3 is 1.95 bits per heavy atom. The Bertz CT molecular complexity index is 3130. The third-order valence-corrected chi connectivity index (χ3v) is 12.2. The number of hydrogen-bond donors (Lipinski definition) is 1. The quantitative estimate of drug-likeness (QED) is 0.179. The second-order valence-corrected chi connectivity index (χ2v) is 15.2. The highest BCUT2D eigenvalue weighted by Gasteiger charge is 2.56. The van der Waals surface area contributed by atoms with Gasteiger partial charge in [0, 0.05) is 16.9 Å². The van der Waals surface area contributed by atoms with Crippen LogP contribution in [0.2, 0.25) is 0 Å². The summed E-state index contributed by atoms with van der Waals surface area (Å²) in [5.74, 6) is 0.932. The van der Waals surface area contributed by atoms with Crippen LogP contribution in [0.1, 0.15) is 16.7 Å². The first-order valence-corrected chi connectivity index (χ1v) is 19.7. The molecule has 9 aromatic carbocycles. The highest BCUT2D eigenvalue weighted by molar-refractivity contribution is 6.14. The van der Waals surface area contributed by atoms with Crippen LogP contribution in [0.25, 0.3) is 60.8 Å². The Labute approximate surface area is 330 Å². The molecule has 12 rings (SSSR count). The highest BCUT2D eigenvalue weighted by atomic mass is 15.4. The summed E-state index contributed by atoms with van der Waals surface area (Å²) < 4.78 is 2.28. The zero-order valence-electron chi connectivity index (χ0n) is 31.0. The van der Waals surface area contributed by atoms with E-state index in [1.54, 1.807) is 0 Å². The summed E-state index contributed by atoms with van der Waals surface area (Å²) in [4.78, 5) is 7.73. The number of rotatable bonds is 5. The molecule has 0 amide bonds. The van der Waals surface area contributed by atoms with Gasteiger partial charge in [-0.05, 0) is 104 Å². The van der Waals surface area contributed by atoms with Crippen molar-refractivity contribution in [1.29, 1.82) is 0 Å². The number of fused-ring (bicyclic) bond motifs is 8. The van der Waals surface area contributed by atoms with Crippen LogP contribution in [0, 0.1) is 0 Å². The Kier molecular flexibility index (Phi) is 6.87. The van der Waals surface area contributed by atoms with Crippen LogP contribution in [0.15, 0.2) is 206 Å². The summed E-state index contributed by atoms with van der Waals surface area (Å²) >= 11 is 0. The molecule has 10 aromatic rings. The SMILES string of the molecule is c1ccc(-n2c(-c3ccc4c(-c5ccc6c(c5)NC5N6c6ccccc6C5(c5ccccc5)c5ccccc5)c5ccccc5cc4c3)nc3ccccc32)cc1. The zero-order chi connectivity index (χ0) is 37.5. The fraction of sp³-hybridized carbons (Fsp3) is 0.0377. The molecule has 4 nitrogen and oxygen atoms in total. The van der Waals surface area contributed by atoms with Crippen LogP contribution in [0.4, 0.5) is 17.1 Å². The fourth-order valence-corrected chi connectivity index (χ4v) is 9.88. The molecule has 2 aliphatic heterocycles. The van der Waals surface area contributed by atoms with Crippen LogP contribution >= 0.6 is 0 Å². The summed E-state index contributed by atoms with van der Waals surface area (Å²) in [7, 11) is 0. The third-order valence-electron chi connectivity index (χ3n) is 12.2. The predicted molar refractivity (Wildman–Crippen MR) is 236 cm³/mol. The summed E-state index contributed by atoms with van der Waals surface area (Å²) in [6.45, 7) is 0. The highest BCUT2D eigenvalue weighted by Crippen LogP contribution is 2.60. The predicted octanol–water partition coefficient (Wildman–Crippen LogP) is 12.9. The lowest BCUT2D eigenvalue weighted by Crippen LogP contribution is -2.46. The van der Waals surface area contributed by atoms with Gasteiger partial charge in [-0.2, -0.15) is 0 Å². The molecule has 1 unspecified atom stereocenters. The lowest BCUT2D eigenvalue weighted by Gasteiger charge is -2.37. The lowest BCUT2D eigenvalue weighted by atomic mass is 9.69. The molecule has 1 atom stereocenters. The molecule has 0 spiro atoms. The molecule has 0 saturated heterocycles. The van der Waals surface area contributed by atoms with E-state index >= 15 is 0 Å². The van der Waals surface area contributed by atoms with Gasteiger partial charge in [0.2, 0.25) is 0 Å². The molecule has 0 radical (unpaired) electrons. The van der Waals surface area contributed by atoms with E-state index in [2.05, 4.69) is 221 Å². The number of hydrogen-bond acceptors (Lipinski definition) is 3. The largest absolute Gasteiger partial charge is 0.362 e. The Morgan fingerprint density at radius 2 is 1.14 bits per heavy atom. The molecule has 0 aliphatic carbocycles. The maximum absolute atomic E-state index is 5.20. The van der Waals surface area contributed by atoms with E-state index in [1.807, 2.05) is 0 Å². The molecular weight excluding hydrogens is 693 g/mol. The number of benzene rings is 9. The number of nitrogens with one attached hydrogen (secondary N) is 1. The molecule has 1 aromatic heterocycles. The smallest absolute Gasteiger partial charge is 0.145 e. The van der Waals surface area contributed by atoms with Crippen molar-refractivity contribution in [2.24, 2.45) is 0 Å². The summed E-state index contributed by atoms with van der Waals surface area (Å²) in [6.07, 6.45) is -0.0550. The van der Waals surface area contributed by atoms with E-state index in [4.69, 9.17) is 4.98 Å². The van der Waals surface area contributed by atoms with Crippen LogP contribution in [-0.4, -0.2) is 15.7 Å². The van der Waals surface area contributed by atoms with Gasteiger partial charge in [-0.1, -0.05) is 152 Å². The van der Waals surface area contributed by atoms with Crippen molar-refractivity contribution in [3.05, 3.63) is 223 Å². The average Bonchev–Trinajstić information content (AvgIpc) is 3.94. The number of anilines is 3. The number of nitrogens with zero attached hydrogens (tertiary/aromatic N) is 3. The van der Waals surface area contributed by atoms with Gasteiger partial charge in [0.05, 0.1) is 27.8 Å². The number of aromatic nitrogens is 2. The molecule has 1 N–H and O–H groups in total. The third kappa shape index (κ3) is 4.59. The van der Waals surface area contributed by atoms with Crippen molar-refractivity contribution in [3.8, 4) is 28.2 Å². The summed E-state index contributed by atoms with van der Waals surface area (Å²) in [5, 5.41) is 8.96. The maximum Gasteiger partial charge on any atom is 0.145 e. The van der Waals surface area contributed by atoms with Crippen molar-refractivity contribution in [2.45, 2.75) is 11.6 Å². The van der Waals surface area contributed by atoms with Gasteiger partial charge in [0.1, 0.15) is 12.0 Å². The molecule has 2 aliphatic rings. The Morgan fingerprint density at radius 1 is 0.491 bits per heavy atom. The fourth-order valence-electron chi connectivity index (χ4n) is 9.88. The molecule has 57 heavy (non-hydrogen) atoms. The molecule has 0 saturated carbocycles. The van der Waals surface area contributed by atoms with E-state index in [9.17, 15) is 0 Å². The monoisotopic (exact) mass is 728 g/mol. The first-order valence-electron chi connectivity index (χ1n) is 19.7. The van der Waals surface area contributed by atoms with Gasteiger partial charge >= 0.3 is 0 Å². The van der Waals surface area contributed by atoms with E-state index in [0.29, 0.717) is 0 Å². The number of imidazole rings is 1. The van der Waals surface area contributed by atoms with Gasteiger partial charge < -0.3 is 10.2 Å². The van der Waals surface area contributed by atoms with Gasteiger partial charge in [0.15, 0.2) is 0 Å². The van der Waals surface area contributed by atoms with E-state index in [0.717, 1.165) is 33.8 Å². The van der Waals surface area contributed by atoms with Gasteiger partial charge in [0.25, 0.3) is 0 Å². The summed E-state index contributed by atoms with van der Waals surface area (Å²) in [6, 6.07) is 74.9. The molecule has 0 bridgehead atoms. The summed E-state index contributed by atoms with van der Waals surface area (Å²) in [5.41, 5.74) is 13.7. The average molecular weight is 729 g/mol. The van der Waals surface area contributed by atoms with Crippen LogP contribution < -0.4 is 10.2 Å². The van der Waals surface area contributed by atoms with Crippen molar-refractivity contribution >= 4 is 49.6 Å². The minimum atomic E-state index is -0.433. The van der Waals surface area contributed by atoms with Crippen molar-refractivity contribution < 1.29 is 0 Å². The zero-order valence-corrected chi connectivity index (χ0v) is 31.0. The van der Waals surface area contributed by atoms with Gasteiger partial charge in [-0.3, -0.25) is 4.57 Å². The molecule has 0 fully saturated rings. The second-order valence-electron chi connectivity index (χ2n) is 15.2. The van der Waals surface area contributed by atoms with Crippen LogP contribution in [0.5, 0.6) is 0 Å². The Hall–Kier alpha value is -7.43. The molecule has 268 valence electrons. The van der Waals surface area contributed by atoms with Crippen molar-refractivity contribution in [1.82, 2.24) is 9.55 Å². The lowest BCUT2D eigenvalue weighted by molar-refractivity contribution is 0.558.